The largest absolute Gasteiger partial charge is 0.253 e. The molecule has 20 heavy (non-hydrogen) atoms. The zero-order valence-electron chi connectivity index (χ0n) is 10.5. The Morgan fingerprint density at radius 2 is 2.00 bits per heavy atom. The third kappa shape index (κ3) is 2.42. The van der Waals surface area contributed by atoms with Crippen LogP contribution in [0.1, 0.15) is 12.5 Å². The molecule has 2 rings (SSSR count). The topological polar surface area (TPSA) is 52.0 Å². The van der Waals surface area contributed by atoms with Gasteiger partial charge in [-0.3, -0.25) is 0 Å². The van der Waals surface area contributed by atoms with Gasteiger partial charge in [-0.05, 0) is 19.1 Å². The fraction of sp³-hybridized carbons (Fsp3) is 0.154. The molecule has 0 spiro atoms. The van der Waals surface area contributed by atoms with Crippen molar-refractivity contribution in [3.8, 4) is 23.5 Å². The first kappa shape index (κ1) is 14.2. The Bertz CT molecular complexity index is 804. The Morgan fingerprint density at radius 1 is 1.35 bits per heavy atom. The van der Waals surface area contributed by atoms with E-state index in [1.807, 2.05) is 0 Å². The molecule has 1 aromatic heterocycles. The molecule has 0 radical (unpaired) electrons. The van der Waals surface area contributed by atoms with Crippen molar-refractivity contribution >= 4 is 10.0 Å². The highest BCUT2D eigenvalue weighted by Crippen LogP contribution is 2.25. The Labute approximate surface area is 115 Å². The van der Waals surface area contributed by atoms with Crippen molar-refractivity contribution in [1.29, 1.82) is 0 Å². The minimum Gasteiger partial charge on any atom is -0.205 e. The molecule has 4 nitrogen and oxygen atoms in total. The first-order valence-corrected chi connectivity index (χ1v) is 7.24. The molecule has 0 fully saturated rings. The number of aromatic nitrogens is 2. The maximum atomic E-state index is 13.3. The minimum absolute atomic E-state index is 0.123. The summed E-state index contributed by atoms with van der Waals surface area (Å²) in [7, 11) is -3.54. The van der Waals surface area contributed by atoms with Gasteiger partial charge in [-0.2, -0.15) is 9.19 Å². The molecule has 2 aromatic rings. The Kier molecular flexibility index (Phi) is 3.59. The van der Waals surface area contributed by atoms with Crippen LogP contribution in [0.5, 0.6) is 0 Å². The second-order valence-electron chi connectivity index (χ2n) is 3.96. The van der Waals surface area contributed by atoms with Crippen LogP contribution in [0.25, 0.3) is 11.1 Å². The predicted octanol–water partition coefficient (Wildman–Crippen LogP) is 2.01. The van der Waals surface area contributed by atoms with Crippen molar-refractivity contribution in [3.63, 3.8) is 0 Å². The van der Waals surface area contributed by atoms with E-state index in [0.717, 1.165) is 16.2 Å². The number of hydrogen-bond acceptors (Lipinski definition) is 3. The van der Waals surface area contributed by atoms with Gasteiger partial charge in [0.25, 0.3) is 10.0 Å². The molecule has 0 bridgehead atoms. The summed E-state index contributed by atoms with van der Waals surface area (Å²) in [6.45, 7) is 1.47. The van der Waals surface area contributed by atoms with Crippen LogP contribution in [0.2, 0.25) is 0 Å². The zero-order chi connectivity index (χ0) is 14.9. The molecule has 7 heteroatoms. The average Bonchev–Trinajstić information content (AvgIpc) is 2.91. The van der Waals surface area contributed by atoms with Gasteiger partial charge in [0.2, 0.25) is 0 Å². The van der Waals surface area contributed by atoms with Crippen LogP contribution in [0, 0.1) is 24.0 Å². The van der Waals surface area contributed by atoms with Crippen LogP contribution in [0.15, 0.2) is 24.5 Å². The maximum absolute atomic E-state index is 13.3. The van der Waals surface area contributed by atoms with Gasteiger partial charge in [0.15, 0.2) is 11.6 Å². The average molecular weight is 296 g/mol. The monoisotopic (exact) mass is 296 g/mol. The molecule has 0 aliphatic heterocycles. The van der Waals surface area contributed by atoms with E-state index in [9.17, 15) is 17.2 Å². The van der Waals surface area contributed by atoms with E-state index in [1.54, 1.807) is 0 Å². The van der Waals surface area contributed by atoms with E-state index < -0.39 is 21.7 Å². The molecule has 0 saturated heterocycles. The molecule has 104 valence electrons. The molecule has 0 amide bonds. The molecule has 0 unspecified atom stereocenters. The SMILES string of the molecule is C#Cc1cc(F)c(F)cc1-c1cnn(S(=O)(=O)CC)c1. The fourth-order valence-electron chi connectivity index (χ4n) is 1.63. The maximum Gasteiger partial charge on any atom is 0.253 e. The van der Waals surface area contributed by atoms with Gasteiger partial charge in [-0.1, -0.05) is 5.92 Å². The summed E-state index contributed by atoms with van der Waals surface area (Å²) in [5.74, 6) is -0.0248. The molecule has 1 heterocycles. The van der Waals surface area contributed by atoms with Crippen LogP contribution >= 0.6 is 0 Å². The smallest absolute Gasteiger partial charge is 0.205 e. The molecule has 0 aliphatic rings. The van der Waals surface area contributed by atoms with Gasteiger partial charge >= 0.3 is 0 Å². The summed E-state index contributed by atoms with van der Waals surface area (Å²) >= 11 is 0. The predicted molar refractivity (Wildman–Crippen MR) is 70.4 cm³/mol. The van der Waals surface area contributed by atoms with E-state index in [2.05, 4.69) is 11.0 Å². The van der Waals surface area contributed by atoms with Crippen molar-refractivity contribution in [2.75, 3.05) is 5.75 Å². The summed E-state index contributed by atoms with van der Waals surface area (Å²) in [5, 5.41) is 3.71. The van der Waals surface area contributed by atoms with Crippen LogP contribution in [-0.4, -0.2) is 23.4 Å². The van der Waals surface area contributed by atoms with Crippen molar-refractivity contribution < 1.29 is 17.2 Å². The Morgan fingerprint density at radius 3 is 2.60 bits per heavy atom. The van der Waals surface area contributed by atoms with Crippen molar-refractivity contribution in [3.05, 3.63) is 41.7 Å². The first-order chi connectivity index (χ1) is 9.39. The van der Waals surface area contributed by atoms with Crippen LogP contribution < -0.4 is 0 Å². The summed E-state index contributed by atoms with van der Waals surface area (Å²) in [6.07, 6.45) is 7.69. The van der Waals surface area contributed by atoms with E-state index in [-0.39, 0.29) is 16.9 Å². The molecule has 0 aliphatic carbocycles. The lowest BCUT2D eigenvalue weighted by atomic mass is 10.0. The van der Waals surface area contributed by atoms with E-state index in [4.69, 9.17) is 6.42 Å². The molecular formula is C13H10F2N2O2S. The Balaban J connectivity index is 2.59. The minimum atomic E-state index is -3.54. The number of halogens is 2. The second kappa shape index (κ2) is 5.06. The van der Waals surface area contributed by atoms with Gasteiger partial charge in [0.1, 0.15) is 0 Å². The zero-order valence-corrected chi connectivity index (χ0v) is 11.3. The van der Waals surface area contributed by atoms with E-state index in [0.29, 0.717) is 5.56 Å². The van der Waals surface area contributed by atoms with Gasteiger partial charge in [-0.25, -0.2) is 17.2 Å². The van der Waals surface area contributed by atoms with Crippen LogP contribution in [0.3, 0.4) is 0 Å². The summed E-state index contributed by atoms with van der Waals surface area (Å²) in [4.78, 5) is 0. The summed E-state index contributed by atoms with van der Waals surface area (Å²) in [5.41, 5.74) is 0.634. The molecular weight excluding hydrogens is 286 g/mol. The van der Waals surface area contributed by atoms with Crippen molar-refractivity contribution in [2.24, 2.45) is 0 Å². The molecule has 0 N–H and O–H groups in total. The van der Waals surface area contributed by atoms with Gasteiger partial charge in [-0.15, -0.1) is 6.42 Å². The quantitative estimate of drug-likeness (QED) is 0.814. The number of benzene rings is 1. The number of hydrogen-bond donors (Lipinski definition) is 0. The van der Waals surface area contributed by atoms with E-state index >= 15 is 0 Å². The van der Waals surface area contributed by atoms with E-state index in [1.165, 1.54) is 19.3 Å². The van der Waals surface area contributed by atoms with Crippen molar-refractivity contribution in [1.82, 2.24) is 9.19 Å². The standard InChI is InChI=1S/C13H10F2N2O2S/c1-3-9-5-12(14)13(15)6-11(9)10-7-16-17(8-10)20(18,19)4-2/h1,5-8H,4H2,2H3. The third-order valence-electron chi connectivity index (χ3n) is 2.74. The molecule has 0 atom stereocenters. The number of rotatable bonds is 3. The van der Waals surface area contributed by atoms with Gasteiger partial charge in [0.05, 0.1) is 18.1 Å². The number of nitrogens with zero attached hydrogens (tertiary/aromatic N) is 2. The first-order valence-electron chi connectivity index (χ1n) is 5.63. The van der Waals surface area contributed by atoms with Crippen LogP contribution in [-0.2, 0) is 10.0 Å². The highest BCUT2D eigenvalue weighted by molar-refractivity contribution is 7.89. The number of terminal acetylenes is 1. The van der Waals surface area contributed by atoms with Crippen molar-refractivity contribution in [2.45, 2.75) is 6.92 Å². The highest BCUT2D eigenvalue weighted by Gasteiger charge is 2.16. The van der Waals surface area contributed by atoms with Crippen LogP contribution in [0.4, 0.5) is 8.78 Å². The fourth-order valence-corrected chi connectivity index (χ4v) is 2.36. The lowest BCUT2D eigenvalue weighted by molar-refractivity contribution is 0.509. The van der Waals surface area contributed by atoms with Gasteiger partial charge < -0.3 is 0 Å². The summed E-state index contributed by atoms with van der Waals surface area (Å²) in [6, 6.07) is 1.81. The normalized spacial score (nSPS) is 11.3. The molecule has 1 aromatic carbocycles. The lowest BCUT2D eigenvalue weighted by Crippen LogP contribution is -2.14. The summed E-state index contributed by atoms with van der Waals surface area (Å²) < 4.78 is 50.5. The van der Waals surface area contributed by atoms with Gasteiger partial charge in [0, 0.05) is 16.7 Å². The molecule has 0 saturated carbocycles. The Hall–Kier alpha value is -2.20. The second-order valence-corrected chi connectivity index (χ2v) is 6.07. The highest BCUT2D eigenvalue weighted by atomic mass is 32.2. The lowest BCUT2D eigenvalue weighted by Gasteiger charge is -2.03. The third-order valence-corrected chi connectivity index (χ3v) is 4.24.